The molecule has 1 aliphatic rings. The van der Waals surface area contributed by atoms with Crippen molar-refractivity contribution in [2.75, 3.05) is 0 Å². The van der Waals surface area contributed by atoms with Crippen LogP contribution in [0.4, 0.5) is 0 Å². The average molecular weight is 260 g/mol. The van der Waals surface area contributed by atoms with Crippen LogP contribution >= 0.6 is 0 Å². The average Bonchev–Trinajstić information content (AvgIpc) is 2.91. The molecule has 1 aliphatic carbocycles. The van der Waals surface area contributed by atoms with Gasteiger partial charge in [0.05, 0.1) is 6.07 Å². The molecule has 0 aliphatic heterocycles. The second-order valence-corrected chi connectivity index (χ2v) is 5.55. The number of nitrogens with one attached hydrogen (secondary N) is 1. The molecule has 1 fully saturated rings. The van der Waals surface area contributed by atoms with Gasteiger partial charge < -0.3 is 5.32 Å². The molecule has 102 valence electrons. The summed E-state index contributed by atoms with van der Waals surface area (Å²) in [5.41, 5.74) is -0.698. The van der Waals surface area contributed by atoms with E-state index < -0.39 is 11.6 Å². The van der Waals surface area contributed by atoms with Crippen molar-refractivity contribution in [3.63, 3.8) is 0 Å². The lowest BCUT2D eigenvalue weighted by Crippen LogP contribution is -2.51. The topological polar surface area (TPSA) is 70.7 Å². The number of hydrogen-bond acceptors (Lipinski definition) is 3. The van der Waals surface area contributed by atoms with Crippen LogP contribution in [-0.4, -0.2) is 21.2 Å². The monoisotopic (exact) mass is 260 g/mol. The van der Waals surface area contributed by atoms with Crippen molar-refractivity contribution in [1.29, 1.82) is 5.26 Å². The molecule has 5 heteroatoms. The van der Waals surface area contributed by atoms with Crippen LogP contribution in [-0.2, 0) is 4.79 Å². The maximum absolute atomic E-state index is 12.3. The zero-order chi connectivity index (χ0) is 13.9. The Morgan fingerprint density at radius 3 is 3.05 bits per heavy atom. The molecule has 5 nitrogen and oxygen atoms in total. The number of hydrogen-bond donors (Lipinski definition) is 1. The van der Waals surface area contributed by atoms with Crippen LogP contribution in [0.1, 0.15) is 45.6 Å². The summed E-state index contributed by atoms with van der Waals surface area (Å²) < 4.78 is 1.60. The largest absolute Gasteiger partial charge is 0.336 e. The minimum atomic E-state index is -0.698. The zero-order valence-electron chi connectivity index (χ0n) is 11.5. The summed E-state index contributed by atoms with van der Waals surface area (Å²) in [5, 5.41) is 16.4. The van der Waals surface area contributed by atoms with Crippen LogP contribution in [0.3, 0.4) is 0 Å². The van der Waals surface area contributed by atoms with E-state index in [1.54, 1.807) is 30.1 Å². The summed E-state index contributed by atoms with van der Waals surface area (Å²) in [6.07, 6.45) is 7.00. The van der Waals surface area contributed by atoms with Crippen molar-refractivity contribution in [1.82, 2.24) is 15.1 Å². The minimum absolute atomic E-state index is 0.139. The van der Waals surface area contributed by atoms with E-state index >= 15 is 0 Å². The summed E-state index contributed by atoms with van der Waals surface area (Å²) in [5.74, 6) is 0.341. The van der Waals surface area contributed by atoms with Gasteiger partial charge in [-0.2, -0.15) is 10.4 Å². The molecule has 19 heavy (non-hydrogen) atoms. The maximum atomic E-state index is 12.3. The summed E-state index contributed by atoms with van der Waals surface area (Å²) >= 11 is 0. The Kier molecular flexibility index (Phi) is 3.89. The highest BCUT2D eigenvalue weighted by Gasteiger charge is 2.37. The first-order chi connectivity index (χ1) is 9.06. The molecule has 3 atom stereocenters. The highest BCUT2D eigenvalue weighted by Crippen LogP contribution is 2.32. The SMILES string of the molecule is C[C@H]1CCC[C@](C#N)(NC(=O)[C@@H](C)n2cccn2)C1. The number of nitrogens with zero attached hydrogens (tertiary/aromatic N) is 3. The molecule has 1 N–H and O–H groups in total. The van der Waals surface area contributed by atoms with Gasteiger partial charge in [0.25, 0.3) is 0 Å². The van der Waals surface area contributed by atoms with E-state index in [2.05, 4.69) is 23.4 Å². The molecule has 1 heterocycles. The fraction of sp³-hybridized carbons (Fsp3) is 0.643. The molecular formula is C14H20N4O. The van der Waals surface area contributed by atoms with Crippen LogP contribution in [0.25, 0.3) is 0 Å². The lowest BCUT2D eigenvalue weighted by atomic mass is 9.77. The molecule has 1 aromatic heterocycles. The number of nitriles is 1. The van der Waals surface area contributed by atoms with E-state index in [1.165, 1.54) is 0 Å². The number of carbonyl (C=O) groups is 1. The van der Waals surface area contributed by atoms with E-state index in [9.17, 15) is 10.1 Å². The summed E-state index contributed by atoms with van der Waals surface area (Å²) in [4.78, 5) is 12.3. The number of amides is 1. The second-order valence-electron chi connectivity index (χ2n) is 5.55. The number of aromatic nitrogens is 2. The van der Waals surface area contributed by atoms with Crippen LogP contribution in [0.2, 0.25) is 0 Å². The van der Waals surface area contributed by atoms with E-state index in [0.717, 1.165) is 25.7 Å². The van der Waals surface area contributed by atoms with Gasteiger partial charge in [0.1, 0.15) is 11.6 Å². The Morgan fingerprint density at radius 2 is 2.47 bits per heavy atom. The van der Waals surface area contributed by atoms with Gasteiger partial charge in [0, 0.05) is 12.4 Å². The predicted molar refractivity (Wildman–Crippen MR) is 71.1 cm³/mol. The Hall–Kier alpha value is -1.83. The minimum Gasteiger partial charge on any atom is -0.336 e. The Morgan fingerprint density at radius 1 is 1.68 bits per heavy atom. The first-order valence-corrected chi connectivity index (χ1v) is 6.79. The highest BCUT2D eigenvalue weighted by atomic mass is 16.2. The molecule has 0 radical (unpaired) electrons. The van der Waals surface area contributed by atoms with E-state index in [4.69, 9.17) is 0 Å². The standard InChI is InChI=1S/C14H20N4O/c1-11-5-3-6-14(9-11,10-15)17-13(19)12(2)18-8-4-7-16-18/h4,7-8,11-12H,3,5-6,9H2,1-2H3,(H,17,19)/t11-,12+,14-/m0/s1. The molecule has 2 rings (SSSR count). The van der Waals surface area contributed by atoms with Gasteiger partial charge in [-0.1, -0.05) is 13.3 Å². The second kappa shape index (κ2) is 5.43. The summed E-state index contributed by atoms with van der Waals surface area (Å²) in [7, 11) is 0. The van der Waals surface area contributed by atoms with Crippen LogP contribution in [0.15, 0.2) is 18.5 Å². The Balaban J connectivity index is 2.06. The maximum Gasteiger partial charge on any atom is 0.245 e. The Bertz CT molecular complexity index is 476. The zero-order valence-corrected chi connectivity index (χ0v) is 11.5. The van der Waals surface area contributed by atoms with Gasteiger partial charge in [0.15, 0.2) is 0 Å². The smallest absolute Gasteiger partial charge is 0.245 e. The Labute approximate surface area is 113 Å². The van der Waals surface area contributed by atoms with E-state index in [0.29, 0.717) is 5.92 Å². The third-order valence-electron chi connectivity index (χ3n) is 3.88. The van der Waals surface area contributed by atoms with Gasteiger partial charge in [-0.05, 0) is 38.2 Å². The molecule has 0 unspecified atom stereocenters. The van der Waals surface area contributed by atoms with Crippen molar-refractivity contribution in [2.45, 2.75) is 51.1 Å². The van der Waals surface area contributed by atoms with Crippen molar-refractivity contribution >= 4 is 5.91 Å². The molecule has 0 spiro atoms. The molecule has 0 bridgehead atoms. The first-order valence-electron chi connectivity index (χ1n) is 6.79. The fourth-order valence-corrected chi connectivity index (χ4v) is 2.76. The summed E-state index contributed by atoms with van der Waals surface area (Å²) in [6, 6.07) is 3.71. The van der Waals surface area contributed by atoms with Gasteiger partial charge >= 0.3 is 0 Å². The predicted octanol–water partition coefficient (Wildman–Crippen LogP) is 2.03. The van der Waals surface area contributed by atoms with E-state index in [1.807, 2.05) is 0 Å². The van der Waals surface area contributed by atoms with E-state index in [-0.39, 0.29) is 5.91 Å². The molecule has 0 aromatic carbocycles. The number of carbonyl (C=O) groups excluding carboxylic acids is 1. The third-order valence-corrected chi connectivity index (χ3v) is 3.88. The fourth-order valence-electron chi connectivity index (χ4n) is 2.76. The quantitative estimate of drug-likeness (QED) is 0.904. The van der Waals surface area contributed by atoms with Crippen LogP contribution in [0, 0.1) is 17.2 Å². The number of rotatable bonds is 3. The van der Waals surface area contributed by atoms with Gasteiger partial charge in [-0.25, -0.2) is 0 Å². The molecule has 1 aromatic rings. The van der Waals surface area contributed by atoms with Gasteiger partial charge in [-0.15, -0.1) is 0 Å². The van der Waals surface area contributed by atoms with Gasteiger partial charge in [0.2, 0.25) is 5.91 Å². The van der Waals surface area contributed by atoms with Crippen molar-refractivity contribution in [2.24, 2.45) is 5.92 Å². The molecule has 1 saturated carbocycles. The third kappa shape index (κ3) is 2.95. The molecule has 0 saturated heterocycles. The van der Waals surface area contributed by atoms with Crippen molar-refractivity contribution in [3.05, 3.63) is 18.5 Å². The van der Waals surface area contributed by atoms with Crippen LogP contribution in [0.5, 0.6) is 0 Å². The van der Waals surface area contributed by atoms with Crippen LogP contribution < -0.4 is 5.32 Å². The molecule has 1 amide bonds. The normalized spacial score (nSPS) is 28.4. The van der Waals surface area contributed by atoms with Crippen molar-refractivity contribution in [3.8, 4) is 6.07 Å². The molecular weight excluding hydrogens is 240 g/mol. The highest BCUT2D eigenvalue weighted by molar-refractivity contribution is 5.81. The first kappa shape index (κ1) is 13.6. The lowest BCUT2D eigenvalue weighted by molar-refractivity contribution is -0.126. The summed E-state index contributed by atoms with van der Waals surface area (Å²) in [6.45, 7) is 3.92. The van der Waals surface area contributed by atoms with Crippen molar-refractivity contribution < 1.29 is 4.79 Å². The lowest BCUT2D eigenvalue weighted by Gasteiger charge is -2.35. The van der Waals surface area contributed by atoms with Gasteiger partial charge in [-0.3, -0.25) is 9.48 Å².